The number of nitrogens with two attached hydrogens (primary N) is 1. The molecule has 1 saturated carbocycles. The molecule has 3 rings (SSSR count). The number of imidazole rings is 1. The molecule has 0 atom stereocenters. The lowest BCUT2D eigenvalue weighted by molar-refractivity contribution is 0.646. The first-order valence-corrected chi connectivity index (χ1v) is 7.43. The van der Waals surface area contributed by atoms with E-state index in [2.05, 4.69) is 30.4 Å². The van der Waals surface area contributed by atoms with Gasteiger partial charge in [-0.3, -0.25) is 4.68 Å². The molecule has 0 radical (unpaired) electrons. The second-order valence-corrected chi connectivity index (χ2v) is 5.98. The smallest absolute Gasteiger partial charge is 0.132 e. The van der Waals surface area contributed by atoms with Gasteiger partial charge in [-0.2, -0.15) is 5.10 Å². The van der Waals surface area contributed by atoms with Gasteiger partial charge in [0.25, 0.3) is 0 Å². The van der Waals surface area contributed by atoms with Gasteiger partial charge in [-0.25, -0.2) is 4.98 Å². The Labute approximate surface area is 119 Å². The van der Waals surface area contributed by atoms with E-state index in [9.17, 15) is 0 Å². The number of aryl methyl sites for hydroxylation is 2. The van der Waals surface area contributed by atoms with Crippen LogP contribution in [0.3, 0.4) is 0 Å². The molecule has 0 spiro atoms. The molecule has 2 N–H and O–H groups in total. The Morgan fingerprint density at radius 3 is 2.65 bits per heavy atom. The Hall–Kier alpha value is -1.78. The highest BCUT2D eigenvalue weighted by Gasteiger charge is 2.31. The molecular formula is C15H23N5. The van der Waals surface area contributed by atoms with Crippen molar-refractivity contribution in [1.29, 1.82) is 0 Å². The van der Waals surface area contributed by atoms with Crippen LogP contribution >= 0.6 is 0 Å². The lowest BCUT2D eigenvalue weighted by Crippen LogP contribution is -2.06. The van der Waals surface area contributed by atoms with Gasteiger partial charge in [0.05, 0.1) is 5.69 Å². The third-order valence-electron chi connectivity index (χ3n) is 3.90. The Bertz CT molecular complexity index is 631. The van der Waals surface area contributed by atoms with Crippen LogP contribution in [-0.2, 0) is 13.5 Å². The molecule has 1 fully saturated rings. The van der Waals surface area contributed by atoms with Gasteiger partial charge in [-0.1, -0.05) is 20.8 Å². The minimum atomic E-state index is 0.383. The minimum Gasteiger partial charge on any atom is -0.383 e. The molecule has 108 valence electrons. The molecule has 1 aliphatic rings. The first kappa shape index (κ1) is 13.2. The summed E-state index contributed by atoms with van der Waals surface area (Å²) in [6.45, 7) is 6.46. The molecule has 0 aliphatic heterocycles. The van der Waals surface area contributed by atoms with Crippen molar-refractivity contribution in [1.82, 2.24) is 19.3 Å². The monoisotopic (exact) mass is 273 g/mol. The Balaban J connectivity index is 2.16. The molecule has 1 aliphatic carbocycles. The average Bonchev–Trinajstić information content (AvgIpc) is 3.07. The number of hydrogen-bond donors (Lipinski definition) is 1. The molecule has 0 aromatic carbocycles. The predicted octanol–water partition coefficient (Wildman–Crippen LogP) is 2.89. The van der Waals surface area contributed by atoms with Crippen LogP contribution < -0.4 is 5.73 Å². The van der Waals surface area contributed by atoms with E-state index in [1.54, 1.807) is 0 Å². The van der Waals surface area contributed by atoms with E-state index < -0.39 is 0 Å². The second kappa shape index (κ2) is 4.65. The summed E-state index contributed by atoms with van der Waals surface area (Å²) in [7, 11) is 1.94. The summed E-state index contributed by atoms with van der Waals surface area (Å²) in [5.74, 6) is 2.29. The molecule has 0 bridgehead atoms. The van der Waals surface area contributed by atoms with Crippen LogP contribution in [0.1, 0.15) is 57.1 Å². The summed E-state index contributed by atoms with van der Waals surface area (Å²) in [6, 6.07) is 0.551. The third-order valence-corrected chi connectivity index (χ3v) is 3.90. The maximum atomic E-state index is 6.41. The Morgan fingerprint density at radius 2 is 2.10 bits per heavy atom. The lowest BCUT2D eigenvalue weighted by atomic mass is 10.1. The summed E-state index contributed by atoms with van der Waals surface area (Å²) in [4.78, 5) is 4.85. The SMILES string of the molecule is CCc1nn(C)cc1-c1nc(C(C)C)n(C2CC2)c1N. The van der Waals surface area contributed by atoms with E-state index in [-0.39, 0.29) is 0 Å². The van der Waals surface area contributed by atoms with Gasteiger partial charge in [-0.15, -0.1) is 0 Å². The first-order valence-electron chi connectivity index (χ1n) is 7.43. The van der Waals surface area contributed by atoms with E-state index in [1.807, 2.05) is 17.9 Å². The van der Waals surface area contributed by atoms with Crippen molar-refractivity contribution in [3.8, 4) is 11.3 Å². The number of aromatic nitrogens is 4. The number of nitrogens with zero attached hydrogens (tertiary/aromatic N) is 4. The summed E-state index contributed by atoms with van der Waals surface area (Å²) in [5, 5.41) is 4.50. The van der Waals surface area contributed by atoms with Crippen molar-refractivity contribution in [2.75, 3.05) is 5.73 Å². The third kappa shape index (κ3) is 2.01. The van der Waals surface area contributed by atoms with Crippen molar-refractivity contribution >= 4 is 5.82 Å². The van der Waals surface area contributed by atoms with E-state index in [1.165, 1.54) is 12.8 Å². The molecule has 0 unspecified atom stereocenters. The minimum absolute atomic E-state index is 0.383. The van der Waals surface area contributed by atoms with Crippen LogP contribution in [0.4, 0.5) is 5.82 Å². The van der Waals surface area contributed by atoms with Gasteiger partial charge in [0, 0.05) is 30.8 Å². The number of hydrogen-bond acceptors (Lipinski definition) is 3. The average molecular weight is 273 g/mol. The van der Waals surface area contributed by atoms with Gasteiger partial charge in [0.2, 0.25) is 0 Å². The van der Waals surface area contributed by atoms with Crippen LogP contribution in [0.2, 0.25) is 0 Å². The second-order valence-electron chi connectivity index (χ2n) is 5.98. The van der Waals surface area contributed by atoms with Crippen LogP contribution in [0, 0.1) is 0 Å². The normalized spacial score (nSPS) is 15.2. The van der Waals surface area contributed by atoms with Crippen molar-refractivity contribution in [2.24, 2.45) is 7.05 Å². The molecule has 5 nitrogen and oxygen atoms in total. The van der Waals surface area contributed by atoms with Crippen molar-refractivity contribution < 1.29 is 0 Å². The fraction of sp³-hybridized carbons (Fsp3) is 0.600. The van der Waals surface area contributed by atoms with E-state index in [4.69, 9.17) is 10.7 Å². The van der Waals surface area contributed by atoms with Gasteiger partial charge < -0.3 is 10.3 Å². The number of nitrogen functional groups attached to an aromatic ring is 1. The molecule has 2 heterocycles. The molecule has 0 saturated heterocycles. The highest BCUT2D eigenvalue weighted by atomic mass is 15.3. The first-order chi connectivity index (χ1) is 9.52. The zero-order chi connectivity index (χ0) is 14.4. The predicted molar refractivity (Wildman–Crippen MR) is 80.6 cm³/mol. The summed E-state index contributed by atoms with van der Waals surface area (Å²) in [5.41, 5.74) is 9.46. The van der Waals surface area contributed by atoms with Crippen molar-refractivity contribution in [2.45, 2.75) is 52.0 Å². The summed E-state index contributed by atoms with van der Waals surface area (Å²) in [6.07, 6.45) is 5.35. The van der Waals surface area contributed by atoms with Gasteiger partial charge in [-0.05, 0) is 19.3 Å². The largest absolute Gasteiger partial charge is 0.383 e. The highest BCUT2D eigenvalue weighted by molar-refractivity contribution is 5.73. The zero-order valence-corrected chi connectivity index (χ0v) is 12.7. The number of rotatable bonds is 4. The van der Waals surface area contributed by atoms with Crippen LogP contribution in [-0.4, -0.2) is 19.3 Å². The Kier molecular flexibility index (Phi) is 3.07. The quantitative estimate of drug-likeness (QED) is 0.931. The molecule has 0 amide bonds. The molecule has 2 aromatic heterocycles. The van der Waals surface area contributed by atoms with E-state index >= 15 is 0 Å². The fourth-order valence-corrected chi connectivity index (χ4v) is 2.78. The van der Waals surface area contributed by atoms with Crippen molar-refractivity contribution in [3.05, 3.63) is 17.7 Å². The van der Waals surface area contributed by atoms with E-state index in [0.717, 1.165) is 35.0 Å². The summed E-state index contributed by atoms with van der Waals surface area (Å²) >= 11 is 0. The molecule has 20 heavy (non-hydrogen) atoms. The maximum absolute atomic E-state index is 6.41. The van der Waals surface area contributed by atoms with Gasteiger partial charge >= 0.3 is 0 Å². The maximum Gasteiger partial charge on any atom is 0.132 e. The Morgan fingerprint density at radius 1 is 1.40 bits per heavy atom. The fourth-order valence-electron chi connectivity index (χ4n) is 2.78. The summed E-state index contributed by atoms with van der Waals surface area (Å²) < 4.78 is 4.09. The molecular weight excluding hydrogens is 250 g/mol. The number of anilines is 1. The van der Waals surface area contributed by atoms with Crippen LogP contribution in [0.25, 0.3) is 11.3 Å². The van der Waals surface area contributed by atoms with E-state index in [0.29, 0.717) is 12.0 Å². The van der Waals surface area contributed by atoms with Crippen LogP contribution in [0.5, 0.6) is 0 Å². The highest BCUT2D eigenvalue weighted by Crippen LogP contribution is 2.42. The zero-order valence-electron chi connectivity index (χ0n) is 12.7. The standard InChI is InChI=1S/C15H23N5/c1-5-12-11(8-19(4)18-12)13-14(16)20(10-6-7-10)15(17-13)9(2)3/h8-10H,5-7,16H2,1-4H3. The lowest BCUT2D eigenvalue weighted by Gasteiger charge is -2.10. The topological polar surface area (TPSA) is 61.7 Å². The van der Waals surface area contributed by atoms with Gasteiger partial charge in [0.15, 0.2) is 0 Å². The molecule has 2 aromatic rings. The van der Waals surface area contributed by atoms with Crippen molar-refractivity contribution in [3.63, 3.8) is 0 Å². The molecule has 5 heteroatoms. The van der Waals surface area contributed by atoms with Gasteiger partial charge in [0.1, 0.15) is 17.3 Å². The van der Waals surface area contributed by atoms with Crippen LogP contribution in [0.15, 0.2) is 6.20 Å².